The van der Waals surface area contributed by atoms with Crippen molar-refractivity contribution in [3.63, 3.8) is 0 Å². The van der Waals surface area contributed by atoms with Gasteiger partial charge in [-0.05, 0) is 13.0 Å². The highest BCUT2D eigenvalue weighted by atomic mass is 28.3. The van der Waals surface area contributed by atoms with Crippen molar-refractivity contribution in [3.05, 3.63) is 17.9 Å². The average Bonchev–Trinajstić information content (AvgIpc) is 2.98. The topological polar surface area (TPSA) is 99.8 Å². The number of carboxylic acid groups (broad SMARTS) is 1. The van der Waals surface area contributed by atoms with Gasteiger partial charge in [0.25, 0.3) is 0 Å². The minimum absolute atomic E-state index is 0.173. The van der Waals surface area contributed by atoms with Crippen LogP contribution >= 0.6 is 0 Å². The molecule has 3 N–H and O–H groups in total. The van der Waals surface area contributed by atoms with Crippen LogP contribution in [0.5, 0.6) is 0 Å². The van der Waals surface area contributed by atoms with E-state index in [2.05, 4.69) is 26.1 Å². The first-order valence-corrected chi connectivity index (χ1v) is 10.7. The highest BCUT2D eigenvalue weighted by Gasteiger charge is 2.35. The van der Waals surface area contributed by atoms with Crippen molar-refractivity contribution < 1.29 is 24.2 Å². The monoisotopic (exact) mass is 341 g/mol. The van der Waals surface area contributed by atoms with Gasteiger partial charge in [-0.2, -0.15) is 0 Å². The molecule has 7 heteroatoms. The number of hydrogen-bond acceptors (Lipinski definition) is 4. The SMILES string of the molecule is CC[Si](CC)(CC)c1cc(C(C)(O)NC(=O)CCC(=O)O)co1. The third-order valence-electron chi connectivity index (χ3n) is 4.66. The highest BCUT2D eigenvalue weighted by Crippen LogP contribution is 2.24. The van der Waals surface area contributed by atoms with Crippen molar-refractivity contribution >= 4 is 25.3 Å². The maximum absolute atomic E-state index is 11.8. The molecule has 0 radical (unpaired) electrons. The van der Waals surface area contributed by atoms with E-state index >= 15 is 0 Å². The zero-order chi connectivity index (χ0) is 17.7. The van der Waals surface area contributed by atoms with E-state index in [1.807, 2.05) is 6.07 Å². The van der Waals surface area contributed by atoms with Crippen LogP contribution in [-0.4, -0.2) is 30.2 Å². The van der Waals surface area contributed by atoms with Gasteiger partial charge in [-0.15, -0.1) is 0 Å². The molecule has 1 amide bonds. The van der Waals surface area contributed by atoms with E-state index in [0.717, 1.165) is 23.5 Å². The Kier molecular flexibility index (Phi) is 6.58. The lowest BCUT2D eigenvalue weighted by Gasteiger charge is -2.25. The maximum atomic E-state index is 11.8. The fourth-order valence-electron chi connectivity index (χ4n) is 2.77. The van der Waals surface area contributed by atoms with Crippen LogP contribution < -0.4 is 10.7 Å². The largest absolute Gasteiger partial charge is 0.481 e. The Hall–Kier alpha value is -1.60. The Morgan fingerprint density at radius 2 is 1.78 bits per heavy atom. The zero-order valence-electron chi connectivity index (χ0n) is 14.3. The van der Waals surface area contributed by atoms with Crippen molar-refractivity contribution in [1.29, 1.82) is 0 Å². The average molecular weight is 341 g/mol. The van der Waals surface area contributed by atoms with Crippen LogP contribution in [-0.2, 0) is 15.3 Å². The molecule has 1 aromatic heterocycles. The lowest BCUT2D eigenvalue weighted by atomic mass is 10.1. The molecule has 1 unspecified atom stereocenters. The molecule has 0 saturated carbocycles. The molecule has 6 nitrogen and oxygen atoms in total. The van der Waals surface area contributed by atoms with E-state index in [1.165, 1.54) is 13.2 Å². The quantitative estimate of drug-likeness (QED) is 0.472. The molecule has 0 aromatic carbocycles. The zero-order valence-corrected chi connectivity index (χ0v) is 15.3. The number of hydrogen-bond donors (Lipinski definition) is 3. The molecule has 0 saturated heterocycles. The second-order valence-corrected chi connectivity index (χ2v) is 11.2. The summed E-state index contributed by atoms with van der Waals surface area (Å²) >= 11 is 0. The summed E-state index contributed by atoms with van der Waals surface area (Å²) in [6, 6.07) is 5.00. The summed E-state index contributed by atoms with van der Waals surface area (Å²) in [7, 11) is -1.69. The molecular weight excluding hydrogens is 314 g/mol. The molecule has 1 aromatic rings. The molecule has 1 atom stereocenters. The summed E-state index contributed by atoms with van der Waals surface area (Å²) in [5.74, 6) is -1.56. The van der Waals surface area contributed by atoms with Crippen molar-refractivity contribution in [3.8, 4) is 0 Å². The van der Waals surface area contributed by atoms with Gasteiger partial charge in [0, 0.05) is 12.0 Å². The molecule has 0 bridgehead atoms. The molecule has 1 rings (SSSR count). The number of carboxylic acids is 1. The number of furan rings is 1. The van der Waals surface area contributed by atoms with Crippen LogP contribution in [0.15, 0.2) is 16.7 Å². The summed E-state index contributed by atoms with van der Waals surface area (Å²) in [4.78, 5) is 22.3. The molecule has 0 spiro atoms. The van der Waals surface area contributed by atoms with Crippen LogP contribution in [0, 0.1) is 0 Å². The predicted molar refractivity (Wildman–Crippen MR) is 90.1 cm³/mol. The minimum Gasteiger partial charge on any atom is -0.481 e. The summed E-state index contributed by atoms with van der Waals surface area (Å²) in [5.41, 5.74) is -1.09. The maximum Gasteiger partial charge on any atom is 0.303 e. The van der Waals surface area contributed by atoms with Crippen LogP contribution in [0.2, 0.25) is 18.1 Å². The molecule has 0 fully saturated rings. The van der Waals surface area contributed by atoms with Crippen molar-refractivity contribution in [2.45, 2.75) is 64.4 Å². The summed E-state index contributed by atoms with van der Waals surface area (Å²) in [6.45, 7) is 7.95. The third kappa shape index (κ3) is 4.68. The Balaban J connectivity index is 2.90. The first-order valence-electron chi connectivity index (χ1n) is 8.05. The highest BCUT2D eigenvalue weighted by molar-refractivity contribution is 6.90. The Labute approximate surface area is 137 Å². The second-order valence-electron chi connectivity index (χ2n) is 6.05. The number of amides is 1. The van der Waals surface area contributed by atoms with Crippen LogP contribution in [0.25, 0.3) is 0 Å². The lowest BCUT2D eigenvalue weighted by Crippen LogP contribution is -2.46. The van der Waals surface area contributed by atoms with E-state index < -0.39 is 25.7 Å². The second kappa shape index (κ2) is 7.78. The van der Waals surface area contributed by atoms with E-state index in [9.17, 15) is 14.7 Å². The van der Waals surface area contributed by atoms with E-state index in [-0.39, 0.29) is 12.8 Å². The van der Waals surface area contributed by atoms with Crippen LogP contribution in [0.4, 0.5) is 0 Å². The van der Waals surface area contributed by atoms with E-state index in [4.69, 9.17) is 9.52 Å². The minimum atomic E-state index is -1.69. The van der Waals surface area contributed by atoms with Gasteiger partial charge in [0.1, 0.15) is 8.07 Å². The van der Waals surface area contributed by atoms with Crippen molar-refractivity contribution in [2.24, 2.45) is 0 Å². The van der Waals surface area contributed by atoms with Gasteiger partial charge in [0.2, 0.25) is 5.91 Å². The first kappa shape index (κ1) is 19.4. The Morgan fingerprint density at radius 1 is 1.22 bits per heavy atom. The Bertz CT molecular complexity index is 540. The molecule has 0 aliphatic rings. The lowest BCUT2D eigenvalue weighted by molar-refractivity contribution is -0.140. The number of aliphatic hydroxyl groups is 1. The number of nitrogens with one attached hydrogen (secondary N) is 1. The van der Waals surface area contributed by atoms with Crippen LogP contribution in [0.3, 0.4) is 0 Å². The van der Waals surface area contributed by atoms with Gasteiger partial charge in [0.15, 0.2) is 5.72 Å². The summed E-state index contributed by atoms with van der Waals surface area (Å²) in [6.07, 6.45) is 1.04. The normalized spacial score (nSPS) is 14.3. The first-order chi connectivity index (χ1) is 10.7. The third-order valence-corrected chi connectivity index (χ3v) is 10.0. The number of carbonyl (C=O) groups is 2. The van der Waals surface area contributed by atoms with E-state index in [1.54, 1.807) is 0 Å². The summed E-state index contributed by atoms with van der Waals surface area (Å²) < 4.78 is 5.73. The predicted octanol–water partition coefficient (Wildman–Crippen LogP) is 2.14. The summed E-state index contributed by atoms with van der Waals surface area (Å²) in [5, 5.41) is 22.5. The fourth-order valence-corrected chi connectivity index (χ4v) is 6.08. The fraction of sp³-hybridized carbons (Fsp3) is 0.625. The van der Waals surface area contributed by atoms with Gasteiger partial charge in [-0.3, -0.25) is 9.59 Å². The number of aliphatic carboxylic acids is 1. The van der Waals surface area contributed by atoms with Gasteiger partial charge >= 0.3 is 5.97 Å². The van der Waals surface area contributed by atoms with Gasteiger partial charge in [-0.25, -0.2) is 0 Å². The molecule has 0 aliphatic heterocycles. The smallest absolute Gasteiger partial charge is 0.303 e. The van der Waals surface area contributed by atoms with E-state index in [0.29, 0.717) is 5.56 Å². The van der Waals surface area contributed by atoms with Crippen molar-refractivity contribution in [2.75, 3.05) is 0 Å². The number of rotatable bonds is 9. The van der Waals surface area contributed by atoms with Gasteiger partial charge in [0.05, 0.1) is 18.1 Å². The molecule has 1 heterocycles. The Morgan fingerprint density at radius 3 is 2.26 bits per heavy atom. The number of carbonyl (C=O) groups excluding carboxylic acids is 1. The van der Waals surface area contributed by atoms with Gasteiger partial charge < -0.3 is 19.9 Å². The molecule has 23 heavy (non-hydrogen) atoms. The van der Waals surface area contributed by atoms with Gasteiger partial charge in [-0.1, -0.05) is 38.9 Å². The van der Waals surface area contributed by atoms with Crippen molar-refractivity contribution in [1.82, 2.24) is 5.32 Å². The molecular formula is C16H27NO5Si. The molecule has 130 valence electrons. The van der Waals surface area contributed by atoms with Crippen LogP contribution in [0.1, 0.15) is 46.1 Å². The standard InChI is InChI=1S/C16H27NO5Si/c1-5-23(6-2,7-3)15-10-12(11-22-15)16(4,21)17-13(18)8-9-14(19)20/h10-11,21H,5-9H2,1-4H3,(H,17,18)(H,19,20). The molecule has 0 aliphatic carbocycles.